The van der Waals surface area contributed by atoms with Crippen molar-refractivity contribution in [1.29, 1.82) is 0 Å². The van der Waals surface area contributed by atoms with Gasteiger partial charge in [-0.1, -0.05) is 13.8 Å². The van der Waals surface area contributed by atoms with Gasteiger partial charge in [0.05, 0.1) is 23.6 Å². The molecule has 0 aromatic rings. The Labute approximate surface area is 103 Å². The molecule has 0 aromatic carbocycles. The fraction of sp³-hybridized carbons (Fsp3) is 0.909. The molecule has 2 heterocycles. The van der Waals surface area contributed by atoms with Crippen LogP contribution in [0.2, 0.25) is 0 Å². The Hall–Kier alpha value is -0.780. The molecule has 0 aromatic heterocycles. The van der Waals surface area contributed by atoms with E-state index in [1.807, 2.05) is 4.90 Å². The summed E-state index contributed by atoms with van der Waals surface area (Å²) < 4.78 is 23.7. The van der Waals surface area contributed by atoms with Gasteiger partial charge in [-0.25, -0.2) is 8.42 Å². The number of rotatable bonds is 2. The summed E-state index contributed by atoms with van der Waals surface area (Å²) in [6.07, 6.45) is 1.60. The summed E-state index contributed by atoms with van der Waals surface area (Å²) in [7, 11) is -2.94. The largest absolute Gasteiger partial charge is 0.370 e. The van der Waals surface area contributed by atoms with Gasteiger partial charge in [-0.2, -0.15) is 0 Å². The summed E-state index contributed by atoms with van der Waals surface area (Å²) >= 11 is 0. The highest BCUT2D eigenvalue weighted by Crippen LogP contribution is 2.33. The molecule has 2 rings (SSSR count). The second kappa shape index (κ2) is 4.15. The molecular formula is C11H21N3O2S. The average Bonchev–Trinajstić information content (AvgIpc) is 2.45. The lowest BCUT2D eigenvalue weighted by Gasteiger charge is -2.42. The third kappa shape index (κ3) is 2.41. The van der Waals surface area contributed by atoms with Crippen LogP contribution >= 0.6 is 0 Å². The normalized spacial score (nSPS) is 32.2. The number of sulfone groups is 1. The first-order valence-electron chi connectivity index (χ1n) is 6.13. The van der Waals surface area contributed by atoms with E-state index in [1.165, 1.54) is 0 Å². The molecule has 17 heavy (non-hydrogen) atoms. The van der Waals surface area contributed by atoms with Gasteiger partial charge >= 0.3 is 0 Å². The molecule has 0 radical (unpaired) electrons. The van der Waals surface area contributed by atoms with Gasteiger partial charge in [0.2, 0.25) is 0 Å². The molecule has 1 spiro atoms. The van der Waals surface area contributed by atoms with E-state index < -0.39 is 9.84 Å². The maximum absolute atomic E-state index is 11.8. The molecule has 1 unspecified atom stereocenters. The Morgan fingerprint density at radius 2 is 2.24 bits per heavy atom. The molecule has 1 fully saturated rings. The van der Waals surface area contributed by atoms with Crippen molar-refractivity contribution in [3.8, 4) is 0 Å². The lowest BCUT2D eigenvalue weighted by molar-refractivity contribution is 0.186. The number of aliphatic imine (C=N–C) groups is 1. The molecule has 0 aliphatic carbocycles. The molecule has 1 atom stereocenters. The first kappa shape index (κ1) is 12.7. The van der Waals surface area contributed by atoms with Crippen LogP contribution in [0.15, 0.2) is 4.99 Å². The van der Waals surface area contributed by atoms with Crippen LogP contribution in [0.5, 0.6) is 0 Å². The lowest BCUT2D eigenvalue weighted by Crippen LogP contribution is -2.58. The molecule has 2 aliphatic heterocycles. The van der Waals surface area contributed by atoms with Gasteiger partial charge in [0.1, 0.15) is 0 Å². The average molecular weight is 259 g/mol. The maximum atomic E-state index is 11.8. The van der Waals surface area contributed by atoms with Gasteiger partial charge in [-0.15, -0.1) is 0 Å². The summed E-state index contributed by atoms with van der Waals surface area (Å²) in [5.41, 5.74) is 5.55. The van der Waals surface area contributed by atoms with Gasteiger partial charge in [-0.3, -0.25) is 4.99 Å². The summed E-state index contributed by atoms with van der Waals surface area (Å²) in [4.78, 5) is 6.29. The number of hydrogen-bond acceptors (Lipinski definition) is 5. The minimum absolute atomic E-state index is 0.205. The Bertz CT molecular complexity index is 430. The van der Waals surface area contributed by atoms with Gasteiger partial charge in [0.15, 0.2) is 15.8 Å². The summed E-state index contributed by atoms with van der Waals surface area (Å²) in [6.45, 7) is 5.53. The summed E-state index contributed by atoms with van der Waals surface area (Å²) in [5.74, 6) is 1.47. The van der Waals surface area contributed by atoms with E-state index in [-0.39, 0.29) is 11.3 Å². The van der Waals surface area contributed by atoms with Crippen LogP contribution in [-0.4, -0.2) is 49.4 Å². The molecule has 2 aliphatic rings. The van der Waals surface area contributed by atoms with Gasteiger partial charge in [0, 0.05) is 6.54 Å². The van der Waals surface area contributed by atoms with Gasteiger partial charge in [0.25, 0.3) is 0 Å². The van der Waals surface area contributed by atoms with E-state index in [0.29, 0.717) is 24.2 Å². The summed E-state index contributed by atoms with van der Waals surface area (Å²) in [5, 5.41) is 0. The Balaban J connectivity index is 2.24. The van der Waals surface area contributed by atoms with Crippen molar-refractivity contribution in [3.05, 3.63) is 0 Å². The Morgan fingerprint density at radius 1 is 1.53 bits per heavy atom. The molecular weight excluding hydrogens is 238 g/mol. The second-order valence-corrected chi connectivity index (χ2v) is 7.78. The highest BCUT2D eigenvalue weighted by atomic mass is 32.2. The highest BCUT2D eigenvalue weighted by molar-refractivity contribution is 7.91. The van der Waals surface area contributed by atoms with Crippen molar-refractivity contribution in [1.82, 2.24) is 4.90 Å². The highest BCUT2D eigenvalue weighted by Gasteiger charge is 2.47. The predicted molar refractivity (Wildman–Crippen MR) is 68.7 cm³/mol. The van der Waals surface area contributed by atoms with Crippen molar-refractivity contribution in [2.24, 2.45) is 16.6 Å². The molecule has 2 N–H and O–H groups in total. The van der Waals surface area contributed by atoms with E-state index in [4.69, 9.17) is 5.73 Å². The van der Waals surface area contributed by atoms with Crippen molar-refractivity contribution >= 4 is 15.8 Å². The smallest absolute Gasteiger partial charge is 0.191 e. The fourth-order valence-corrected chi connectivity index (χ4v) is 4.75. The first-order valence-corrected chi connectivity index (χ1v) is 7.95. The number of nitrogens with two attached hydrogens (primary N) is 1. The van der Waals surface area contributed by atoms with E-state index in [1.54, 1.807) is 0 Å². The van der Waals surface area contributed by atoms with E-state index >= 15 is 0 Å². The van der Waals surface area contributed by atoms with Crippen LogP contribution in [0.4, 0.5) is 0 Å². The van der Waals surface area contributed by atoms with Crippen molar-refractivity contribution in [2.75, 3.05) is 24.6 Å². The van der Waals surface area contributed by atoms with Crippen LogP contribution in [0.1, 0.15) is 26.7 Å². The molecule has 5 nitrogen and oxygen atoms in total. The molecule has 1 saturated heterocycles. The van der Waals surface area contributed by atoms with Gasteiger partial charge < -0.3 is 10.6 Å². The first-order chi connectivity index (χ1) is 7.85. The zero-order valence-electron chi connectivity index (χ0n) is 10.5. The van der Waals surface area contributed by atoms with Crippen molar-refractivity contribution in [3.63, 3.8) is 0 Å². The quantitative estimate of drug-likeness (QED) is 0.769. The van der Waals surface area contributed by atoms with Crippen molar-refractivity contribution in [2.45, 2.75) is 32.2 Å². The van der Waals surface area contributed by atoms with E-state index in [2.05, 4.69) is 18.8 Å². The van der Waals surface area contributed by atoms with Crippen LogP contribution < -0.4 is 5.73 Å². The lowest BCUT2D eigenvalue weighted by atomic mass is 9.93. The number of nitrogens with zero attached hydrogens (tertiary/aromatic N) is 2. The topological polar surface area (TPSA) is 75.8 Å². The molecule has 0 amide bonds. The Kier molecular flexibility index (Phi) is 3.10. The second-order valence-electron chi connectivity index (χ2n) is 5.60. The van der Waals surface area contributed by atoms with Crippen LogP contribution in [-0.2, 0) is 9.84 Å². The molecule has 6 heteroatoms. The molecule has 0 saturated carbocycles. The van der Waals surface area contributed by atoms with Gasteiger partial charge in [-0.05, 0) is 18.8 Å². The number of guanidine groups is 1. The third-order valence-corrected chi connectivity index (χ3v) is 5.41. The van der Waals surface area contributed by atoms with E-state index in [0.717, 1.165) is 19.4 Å². The van der Waals surface area contributed by atoms with Crippen LogP contribution in [0.3, 0.4) is 0 Å². The van der Waals surface area contributed by atoms with Crippen LogP contribution in [0, 0.1) is 5.92 Å². The standard InChI is InChI=1S/C11H21N3O2S/c1-9(2)6-14-10(12)13-7-11(14)4-3-5-17(15,16)8-11/h9H,3-8H2,1-2H3,(H2,12,13). The SMILES string of the molecule is CC(C)CN1C(N)=NCC12CCCS(=O)(=O)C2. The minimum Gasteiger partial charge on any atom is -0.370 e. The Morgan fingerprint density at radius 3 is 2.82 bits per heavy atom. The monoisotopic (exact) mass is 259 g/mol. The zero-order chi connectivity index (χ0) is 12.7. The predicted octanol–water partition coefficient (Wildman–Crippen LogP) is 0.220. The zero-order valence-corrected chi connectivity index (χ0v) is 11.3. The molecule has 0 bridgehead atoms. The minimum atomic E-state index is -2.94. The fourth-order valence-electron chi connectivity index (χ4n) is 2.81. The maximum Gasteiger partial charge on any atom is 0.191 e. The van der Waals surface area contributed by atoms with E-state index in [9.17, 15) is 8.42 Å². The molecule has 98 valence electrons. The number of hydrogen-bond donors (Lipinski definition) is 1. The van der Waals surface area contributed by atoms with Crippen molar-refractivity contribution < 1.29 is 8.42 Å². The third-order valence-electron chi connectivity index (χ3n) is 3.52. The summed E-state index contributed by atoms with van der Waals surface area (Å²) in [6, 6.07) is 0. The van der Waals surface area contributed by atoms with Crippen LogP contribution in [0.25, 0.3) is 0 Å².